The molecule has 1 heterocycles. The van der Waals surface area contributed by atoms with Gasteiger partial charge in [-0.2, -0.15) is 0 Å². The molecule has 0 bridgehead atoms. The van der Waals surface area contributed by atoms with Crippen LogP contribution in [0, 0.1) is 0 Å². The van der Waals surface area contributed by atoms with Gasteiger partial charge in [-0.05, 0) is 6.92 Å². The molecule has 1 fully saturated rings. The fraction of sp³-hybridized carbons (Fsp3) is 0.923. The highest BCUT2D eigenvalue weighted by molar-refractivity contribution is 5.82. The first kappa shape index (κ1) is 17.3. The maximum atomic E-state index is 12.0. The van der Waals surface area contributed by atoms with Crippen LogP contribution in [0.2, 0.25) is 0 Å². The van der Waals surface area contributed by atoms with Crippen molar-refractivity contribution in [2.75, 3.05) is 59.7 Å². The molecule has 7 nitrogen and oxygen atoms in total. The van der Waals surface area contributed by atoms with Crippen LogP contribution >= 0.6 is 0 Å². The third-order valence-electron chi connectivity index (χ3n) is 3.20. The molecule has 3 N–H and O–H groups in total. The summed E-state index contributed by atoms with van der Waals surface area (Å²) in [4.78, 5) is 14.0. The molecule has 0 aromatic carbocycles. The second-order valence-electron chi connectivity index (χ2n) is 4.83. The van der Waals surface area contributed by atoms with Gasteiger partial charge in [0.15, 0.2) is 0 Å². The Hall–Kier alpha value is -0.730. The first-order chi connectivity index (χ1) is 9.69. The molecule has 0 aromatic heterocycles. The summed E-state index contributed by atoms with van der Waals surface area (Å²) in [6.07, 6.45) is -0.595. The van der Waals surface area contributed by atoms with E-state index in [9.17, 15) is 9.90 Å². The van der Waals surface area contributed by atoms with Gasteiger partial charge in [0.1, 0.15) is 6.04 Å². The molecular formula is C13H27N3O4. The van der Waals surface area contributed by atoms with Gasteiger partial charge in [-0.3, -0.25) is 9.69 Å². The number of likely N-dealkylation sites (N-methyl/N-ethyl adjacent to an activating group) is 1. The standard InChI is InChI=1S/C13H27N3O4/c1-3-15-13(18)12-8-14-4-5-16(12)9-11(17)10-20-7-6-19-2/h11-12,14,17H,3-10H2,1-2H3,(H,15,18). The summed E-state index contributed by atoms with van der Waals surface area (Å²) in [5.74, 6) is 0.00667. The van der Waals surface area contributed by atoms with Crippen LogP contribution in [0.4, 0.5) is 0 Å². The van der Waals surface area contributed by atoms with E-state index in [0.29, 0.717) is 32.8 Å². The van der Waals surface area contributed by atoms with Crippen LogP contribution < -0.4 is 10.6 Å². The number of methoxy groups -OCH3 is 1. The largest absolute Gasteiger partial charge is 0.389 e. The second kappa shape index (κ2) is 10.1. The number of aliphatic hydroxyl groups is 1. The molecule has 0 aliphatic carbocycles. The first-order valence-electron chi connectivity index (χ1n) is 7.16. The lowest BCUT2D eigenvalue weighted by molar-refractivity contribution is -0.127. The Morgan fingerprint density at radius 2 is 2.35 bits per heavy atom. The number of hydrogen-bond acceptors (Lipinski definition) is 6. The van der Waals surface area contributed by atoms with Gasteiger partial charge in [0, 0.05) is 39.8 Å². The lowest BCUT2D eigenvalue weighted by Gasteiger charge is -2.36. The van der Waals surface area contributed by atoms with Crippen molar-refractivity contribution < 1.29 is 19.4 Å². The predicted octanol–water partition coefficient (Wildman–Crippen LogP) is -1.58. The molecule has 2 unspecified atom stereocenters. The van der Waals surface area contributed by atoms with Crippen molar-refractivity contribution in [2.24, 2.45) is 0 Å². The summed E-state index contributed by atoms with van der Waals surface area (Å²) in [5, 5.41) is 16.0. The van der Waals surface area contributed by atoms with Crippen molar-refractivity contribution in [3.05, 3.63) is 0 Å². The SMILES string of the molecule is CCNC(=O)C1CNCCN1CC(O)COCCOC. The Kier molecular flexibility index (Phi) is 8.72. The Morgan fingerprint density at radius 3 is 3.05 bits per heavy atom. The Labute approximate surface area is 120 Å². The number of β-amino-alcohol motifs (C(OH)–C–C–N with tert-alkyl or cyclic N) is 1. The highest BCUT2D eigenvalue weighted by Gasteiger charge is 2.29. The zero-order valence-corrected chi connectivity index (χ0v) is 12.4. The van der Waals surface area contributed by atoms with Crippen LogP contribution in [-0.2, 0) is 14.3 Å². The number of rotatable bonds is 9. The van der Waals surface area contributed by atoms with Crippen molar-refractivity contribution >= 4 is 5.91 Å². The van der Waals surface area contributed by atoms with E-state index in [2.05, 4.69) is 10.6 Å². The van der Waals surface area contributed by atoms with Crippen molar-refractivity contribution in [1.29, 1.82) is 0 Å². The molecule has 0 spiro atoms. The third-order valence-corrected chi connectivity index (χ3v) is 3.20. The van der Waals surface area contributed by atoms with Crippen molar-refractivity contribution in [3.8, 4) is 0 Å². The Bertz CT molecular complexity index is 278. The summed E-state index contributed by atoms with van der Waals surface area (Å²) < 4.78 is 10.2. The number of carbonyl (C=O) groups is 1. The Balaban J connectivity index is 2.35. The summed E-state index contributed by atoms with van der Waals surface area (Å²) in [5.41, 5.74) is 0. The van der Waals surface area contributed by atoms with Crippen molar-refractivity contribution in [3.63, 3.8) is 0 Å². The maximum absolute atomic E-state index is 12.0. The smallest absolute Gasteiger partial charge is 0.238 e. The molecule has 7 heteroatoms. The van der Waals surface area contributed by atoms with E-state index in [-0.39, 0.29) is 18.6 Å². The van der Waals surface area contributed by atoms with E-state index in [1.807, 2.05) is 11.8 Å². The van der Waals surface area contributed by atoms with E-state index in [1.54, 1.807) is 7.11 Å². The van der Waals surface area contributed by atoms with Gasteiger partial charge >= 0.3 is 0 Å². The number of nitrogens with one attached hydrogen (secondary N) is 2. The minimum Gasteiger partial charge on any atom is -0.389 e. The molecule has 1 aliphatic heterocycles. The van der Waals surface area contributed by atoms with E-state index < -0.39 is 6.10 Å². The highest BCUT2D eigenvalue weighted by atomic mass is 16.5. The number of ether oxygens (including phenoxy) is 2. The number of carbonyl (C=O) groups excluding carboxylic acids is 1. The molecule has 2 atom stereocenters. The average molecular weight is 289 g/mol. The third kappa shape index (κ3) is 6.15. The quantitative estimate of drug-likeness (QED) is 0.444. The molecule has 20 heavy (non-hydrogen) atoms. The normalized spacial score (nSPS) is 21.6. The molecule has 0 aromatic rings. The van der Waals surface area contributed by atoms with Crippen LogP contribution in [0.15, 0.2) is 0 Å². The van der Waals surface area contributed by atoms with Crippen molar-refractivity contribution in [2.45, 2.75) is 19.1 Å². The van der Waals surface area contributed by atoms with Gasteiger partial charge in [0.05, 0.1) is 25.9 Å². The fourth-order valence-electron chi connectivity index (χ4n) is 2.20. The summed E-state index contributed by atoms with van der Waals surface area (Å²) in [6.45, 7) is 6.39. The molecule has 1 rings (SSSR count). The zero-order valence-electron chi connectivity index (χ0n) is 12.4. The Morgan fingerprint density at radius 1 is 1.55 bits per heavy atom. The number of nitrogens with zero attached hydrogens (tertiary/aromatic N) is 1. The number of hydrogen-bond donors (Lipinski definition) is 3. The van der Waals surface area contributed by atoms with Gasteiger partial charge in [-0.15, -0.1) is 0 Å². The monoisotopic (exact) mass is 289 g/mol. The number of amides is 1. The predicted molar refractivity (Wildman–Crippen MR) is 75.6 cm³/mol. The van der Waals surface area contributed by atoms with Gasteiger partial charge in [0.2, 0.25) is 5.91 Å². The minimum absolute atomic E-state index is 0.00667. The number of aliphatic hydroxyl groups excluding tert-OH is 1. The molecule has 1 amide bonds. The van der Waals surface area contributed by atoms with E-state index in [0.717, 1.165) is 13.1 Å². The van der Waals surface area contributed by atoms with Gasteiger partial charge in [-0.25, -0.2) is 0 Å². The van der Waals surface area contributed by atoms with Crippen molar-refractivity contribution in [1.82, 2.24) is 15.5 Å². The molecule has 118 valence electrons. The van der Waals surface area contributed by atoms with Crippen LogP contribution in [0.5, 0.6) is 0 Å². The lowest BCUT2D eigenvalue weighted by Crippen LogP contribution is -2.59. The van der Waals surface area contributed by atoms with Gasteiger partial charge < -0.3 is 25.2 Å². The van der Waals surface area contributed by atoms with Crippen LogP contribution in [0.25, 0.3) is 0 Å². The van der Waals surface area contributed by atoms with Crippen LogP contribution in [0.3, 0.4) is 0 Å². The summed E-state index contributed by atoms with van der Waals surface area (Å²) in [7, 11) is 1.61. The van der Waals surface area contributed by atoms with Gasteiger partial charge in [0.25, 0.3) is 0 Å². The van der Waals surface area contributed by atoms with E-state index >= 15 is 0 Å². The molecule has 1 saturated heterocycles. The fourth-order valence-corrected chi connectivity index (χ4v) is 2.20. The molecule has 1 aliphatic rings. The molecule has 0 radical (unpaired) electrons. The summed E-state index contributed by atoms with van der Waals surface area (Å²) >= 11 is 0. The first-order valence-corrected chi connectivity index (χ1v) is 7.16. The van der Waals surface area contributed by atoms with E-state index in [4.69, 9.17) is 9.47 Å². The number of piperazine rings is 1. The second-order valence-corrected chi connectivity index (χ2v) is 4.83. The van der Waals surface area contributed by atoms with Gasteiger partial charge in [-0.1, -0.05) is 0 Å². The maximum Gasteiger partial charge on any atom is 0.238 e. The zero-order chi connectivity index (χ0) is 14.8. The minimum atomic E-state index is -0.595. The van der Waals surface area contributed by atoms with Crippen LogP contribution in [-0.4, -0.2) is 87.7 Å². The highest BCUT2D eigenvalue weighted by Crippen LogP contribution is 2.05. The molecule has 0 saturated carbocycles. The summed E-state index contributed by atoms with van der Waals surface area (Å²) in [6, 6.07) is -0.225. The lowest BCUT2D eigenvalue weighted by atomic mass is 10.1. The van der Waals surface area contributed by atoms with Crippen LogP contribution in [0.1, 0.15) is 6.92 Å². The topological polar surface area (TPSA) is 83.1 Å². The molecular weight excluding hydrogens is 262 g/mol. The van der Waals surface area contributed by atoms with E-state index in [1.165, 1.54) is 0 Å². The average Bonchev–Trinajstić information content (AvgIpc) is 2.44.